The van der Waals surface area contributed by atoms with E-state index in [-0.39, 0.29) is 0 Å². The van der Waals surface area contributed by atoms with Crippen molar-refractivity contribution < 1.29 is 0 Å². The molecule has 0 aliphatic heterocycles. The summed E-state index contributed by atoms with van der Waals surface area (Å²) in [6.45, 7) is 5.74. The van der Waals surface area contributed by atoms with Gasteiger partial charge in [-0.3, -0.25) is 0 Å². The van der Waals surface area contributed by atoms with E-state index in [1.807, 2.05) is 6.08 Å². The molecule has 0 heterocycles. The Morgan fingerprint density at radius 2 is 1.80 bits per heavy atom. The van der Waals surface area contributed by atoms with Crippen molar-refractivity contribution in [2.75, 3.05) is 20.6 Å². The molecule has 2 rings (SSSR count). The maximum atomic E-state index is 3.77. The summed E-state index contributed by atoms with van der Waals surface area (Å²) in [5.74, 6) is 0.755. The molecule has 0 spiro atoms. The van der Waals surface area contributed by atoms with E-state index in [1.54, 1.807) is 0 Å². The van der Waals surface area contributed by atoms with Gasteiger partial charge in [0.1, 0.15) is 0 Å². The fourth-order valence-corrected chi connectivity index (χ4v) is 3.14. The first-order chi connectivity index (χ1) is 9.69. The molecule has 1 aromatic carbocycles. The van der Waals surface area contributed by atoms with Crippen LogP contribution in [0.25, 0.3) is 0 Å². The second kappa shape index (κ2) is 7.61. The van der Waals surface area contributed by atoms with Crippen LogP contribution < -0.4 is 5.32 Å². The smallest absolute Gasteiger partial charge is 0.0227 e. The van der Waals surface area contributed by atoms with Gasteiger partial charge < -0.3 is 10.2 Å². The summed E-state index contributed by atoms with van der Waals surface area (Å²) < 4.78 is 0. The van der Waals surface area contributed by atoms with E-state index in [0.29, 0.717) is 6.04 Å². The highest BCUT2D eigenvalue weighted by Crippen LogP contribution is 2.32. The molecule has 0 aromatic heterocycles. The summed E-state index contributed by atoms with van der Waals surface area (Å²) in [6.07, 6.45) is 7.15. The monoisotopic (exact) mass is 272 g/mol. The zero-order valence-corrected chi connectivity index (χ0v) is 12.9. The molecule has 2 nitrogen and oxygen atoms in total. The van der Waals surface area contributed by atoms with Gasteiger partial charge in [0.25, 0.3) is 0 Å². The number of nitrogens with zero attached hydrogens (tertiary/aromatic N) is 1. The molecule has 0 amide bonds. The van der Waals surface area contributed by atoms with E-state index in [2.05, 4.69) is 55.2 Å². The highest BCUT2D eigenvalue weighted by Gasteiger charge is 2.21. The number of rotatable bonds is 6. The lowest BCUT2D eigenvalue weighted by atomic mass is 9.81. The fourth-order valence-electron chi connectivity index (χ4n) is 3.14. The van der Waals surface area contributed by atoms with Crippen molar-refractivity contribution >= 4 is 0 Å². The minimum Gasteiger partial charge on any atom is -0.311 e. The van der Waals surface area contributed by atoms with Crippen LogP contribution in [0.15, 0.2) is 36.9 Å². The lowest BCUT2D eigenvalue weighted by molar-refractivity contribution is 0.351. The Kier molecular flexibility index (Phi) is 5.81. The Labute approximate surface area is 123 Å². The van der Waals surface area contributed by atoms with Crippen LogP contribution in [-0.4, -0.2) is 31.6 Å². The topological polar surface area (TPSA) is 15.3 Å². The van der Waals surface area contributed by atoms with E-state index in [0.717, 1.165) is 19.0 Å². The zero-order chi connectivity index (χ0) is 14.4. The van der Waals surface area contributed by atoms with Crippen molar-refractivity contribution in [1.82, 2.24) is 10.2 Å². The fraction of sp³-hybridized carbons (Fsp3) is 0.556. The highest BCUT2D eigenvalue weighted by molar-refractivity contribution is 5.25. The van der Waals surface area contributed by atoms with Gasteiger partial charge in [-0.15, -0.1) is 6.58 Å². The van der Waals surface area contributed by atoms with Crippen LogP contribution in [-0.2, 0) is 6.54 Å². The normalized spacial score (nSPS) is 22.9. The lowest BCUT2D eigenvalue weighted by Crippen LogP contribution is -2.32. The number of nitrogens with one attached hydrogen (secondary N) is 1. The third-order valence-corrected chi connectivity index (χ3v) is 4.23. The zero-order valence-electron chi connectivity index (χ0n) is 12.9. The van der Waals surface area contributed by atoms with Gasteiger partial charge >= 0.3 is 0 Å². The molecule has 110 valence electrons. The van der Waals surface area contributed by atoms with Gasteiger partial charge in [-0.1, -0.05) is 30.3 Å². The quantitative estimate of drug-likeness (QED) is 0.797. The third-order valence-electron chi connectivity index (χ3n) is 4.23. The number of benzene rings is 1. The van der Waals surface area contributed by atoms with E-state index in [9.17, 15) is 0 Å². The molecule has 20 heavy (non-hydrogen) atoms. The maximum absolute atomic E-state index is 3.77. The van der Waals surface area contributed by atoms with Crippen LogP contribution in [0.3, 0.4) is 0 Å². The molecule has 1 fully saturated rings. The molecule has 1 aliphatic rings. The average Bonchev–Trinajstić information content (AvgIpc) is 2.46. The van der Waals surface area contributed by atoms with E-state index < -0.39 is 0 Å². The van der Waals surface area contributed by atoms with Crippen LogP contribution in [0.4, 0.5) is 0 Å². The largest absolute Gasteiger partial charge is 0.311 e. The first kappa shape index (κ1) is 15.3. The van der Waals surface area contributed by atoms with Crippen molar-refractivity contribution in [1.29, 1.82) is 0 Å². The molecule has 0 radical (unpaired) electrons. The molecule has 0 bridgehead atoms. The van der Waals surface area contributed by atoms with Crippen molar-refractivity contribution in [3.63, 3.8) is 0 Å². The number of hydrogen-bond acceptors (Lipinski definition) is 2. The minimum absolute atomic E-state index is 0.692. The molecular weight excluding hydrogens is 244 g/mol. The Hall–Kier alpha value is -1.12. The van der Waals surface area contributed by atoms with Crippen LogP contribution in [0.2, 0.25) is 0 Å². The molecule has 2 heteroatoms. The van der Waals surface area contributed by atoms with Gasteiger partial charge in [0.2, 0.25) is 0 Å². The van der Waals surface area contributed by atoms with Gasteiger partial charge in [-0.2, -0.15) is 0 Å². The highest BCUT2D eigenvalue weighted by atomic mass is 15.0. The molecule has 0 unspecified atom stereocenters. The minimum atomic E-state index is 0.692. The SMILES string of the molecule is C=CCN[C@H]1CC[C@H](c2ccc(CN(C)C)cc2)CC1. The second-order valence-electron chi connectivity index (χ2n) is 6.22. The number of hydrogen-bond donors (Lipinski definition) is 1. The van der Waals surface area contributed by atoms with E-state index in [1.165, 1.54) is 36.8 Å². The van der Waals surface area contributed by atoms with Gasteiger partial charge in [0.15, 0.2) is 0 Å². The Balaban J connectivity index is 1.85. The van der Waals surface area contributed by atoms with Crippen LogP contribution in [0.1, 0.15) is 42.7 Å². The van der Waals surface area contributed by atoms with Gasteiger partial charge in [-0.25, -0.2) is 0 Å². The van der Waals surface area contributed by atoms with Crippen molar-refractivity contribution in [3.8, 4) is 0 Å². The summed E-state index contributed by atoms with van der Waals surface area (Å²) in [4.78, 5) is 2.21. The van der Waals surface area contributed by atoms with Gasteiger partial charge in [-0.05, 0) is 56.8 Å². The van der Waals surface area contributed by atoms with Crippen LogP contribution in [0.5, 0.6) is 0 Å². The molecule has 0 saturated heterocycles. The maximum Gasteiger partial charge on any atom is 0.0227 e. The predicted octanol–water partition coefficient (Wildman–Crippen LogP) is 3.55. The van der Waals surface area contributed by atoms with Crippen LogP contribution >= 0.6 is 0 Å². The standard InChI is InChI=1S/C18H28N2/c1-4-13-19-18-11-9-17(10-12-18)16-7-5-15(6-8-16)14-20(2)3/h4-8,17-19H,1,9-14H2,2-3H3/t17-,18-. The summed E-state index contributed by atoms with van der Waals surface area (Å²) >= 11 is 0. The van der Waals surface area contributed by atoms with E-state index >= 15 is 0 Å². The lowest BCUT2D eigenvalue weighted by Gasteiger charge is -2.29. The van der Waals surface area contributed by atoms with Crippen molar-refractivity contribution in [3.05, 3.63) is 48.0 Å². The second-order valence-corrected chi connectivity index (χ2v) is 6.22. The summed E-state index contributed by atoms with van der Waals surface area (Å²) in [5, 5.41) is 3.55. The Bertz CT molecular complexity index is 400. The molecule has 1 N–H and O–H groups in total. The van der Waals surface area contributed by atoms with Crippen molar-refractivity contribution in [2.24, 2.45) is 0 Å². The molecule has 1 aliphatic carbocycles. The average molecular weight is 272 g/mol. The predicted molar refractivity (Wildman–Crippen MR) is 87.0 cm³/mol. The van der Waals surface area contributed by atoms with Crippen LogP contribution in [0, 0.1) is 0 Å². The van der Waals surface area contributed by atoms with Gasteiger partial charge in [0, 0.05) is 19.1 Å². The Morgan fingerprint density at radius 3 is 2.35 bits per heavy atom. The van der Waals surface area contributed by atoms with E-state index in [4.69, 9.17) is 0 Å². The van der Waals surface area contributed by atoms with Gasteiger partial charge in [0.05, 0.1) is 0 Å². The molecule has 1 aromatic rings. The third kappa shape index (κ3) is 4.46. The first-order valence-electron chi connectivity index (χ1n) is 7.77. The Morgan fingerprint density at radius 1 is 1.15 bits per heavy atom. The molecule has 0 atom stereocenters. The molecular formula is C18H28N2. The molecule has 1 saturated carbocycles. The van der Waals surface area contributed by atoms with Crippen molar-refractivity contribution in [2.45, 2.75) is 44.2 Å². The summed E-state index contributed by atoms with van der Waals surface area (Å²) in [5.41, 5.74) is 2.93. The first-order valence-corrected chi connectivity index (χ1v) is 7.77. The summed E-state index contributed by atoms with van der Waals surface area (Å²) in [7, 11) is 4.23. The summed E-state index contributed by atoms with van der Waals surface area (Å²) in [6, 6.07) is 9.94.